The summed E-state index contributed by atoms with van der Waals surface area (Å²) in [5, 5.41) is 0. The molecule has 1 nitrogen and oxygen atoms in total. The molecule has 0 radical (unpaired) electrons. The van der Waals surface area contributed by atoms with Crippen molar-refractivity contribution in [3.8, 4) is 17.2 Å². The molecular formula is C31H54OS2Si. The zero-order chi connectivity index (χ0) is 26.1. The summed E-state index contributed by atoms with van der Waals surface area (Å²) in [6.45, 7) is 15.0. The number of hydrogen-bond acceptors (Lipinski definition) is 3. The molecule has 200 valence electrons. The zero-order valence-electron chi connectivity index (χ0n) is 23.6. The summed E-state index contributed by atoms with van der Waals surface area (Å²) in [6.07, 6.45) is 13.2. The molecule has 0 saturated heterocycles. The SMILES string of the molecule is CC(C)[Si](C#Cc1ccc(OCCCCCCCCCCCC(CS)CS)cc1)(C(C)C)C(C)C. The first-order valence-electron chi connectivity index (χ1n) is 14.3. The van der Waals surface area contributed by atoms with E-state index in [1.54, 1.807) is 0 Å². The third-order valence-corrected chi connectivity index (χ3v) is 15.0. The highest BCUT2D eigenvalue weighted by Crippen LogP contribution is 2.40. The molecule has 0 unspecified atom stereocenters. The highest BCUT2D eigenvalue weighted by molar-refractivity contribution is 7.81. The number of ether oxygens (including phenoxy) is 1. The Morgan fingerprint density at radius 3 is 1.60 bits per heavy atom. The van der Waals surface area contributed by atoms with E-state index in [4.69, 9.17) is 4.74 Å². The second kappa shape index (κ2) is 18.7. The van der Waals surface area contributed by atoms with Crippen LogP contribution < -0.4 is 4.74 Å². The van der Waals surface area contributed by atoms with E-state index in [1.165, 1.54) is 57.8 Å². The van der Waals surface area contributed by atoms with Gasteiger partial charge in [-0.05, 0) is 71.2 Å². The molecule has 0 aliphatic carbocycles. The van der Waals surface area contributed by atoms with Crippen LogP contribution in [0.1, 0.15) is 111 Å². The normalized spacial score (nSPS) is 12.0. The Morgan fingerprint density at radius 2 is 1.14 bits per heavy atom. The van der Waals surface area contributed by atoms with Crippen LogP contribution in [0, 0.1) is 17.4 Å². The lowest BCUT2D eigenvalue weighted by Crippen LogP contribution is -2.43. The average Bonchev–Trinajstić information content (AvgIpc) is 2.82. The van der Waals surface area contributed by atoms with Gasteiger partial charge in [-0.3, -0.25) is 0 Å². The molecule has 1 aromatic carbocycles. The second-order valence-electron chi connectivity index (χ2n) is 11.2. The Hall–Kier alpha value is -0.503. The van der Waals surface area contributed by atoms with Crippen LogP contribution in [-0.2, 0) is 0 Å². The predicted molar refractivity (Wildman–Crippen MR) is 167 cm³/mol. The van der Waals surface area contributed by atoms with Gasteiger partial charge in [0, 0.05) is 5.56 Å². The van der Waals surface area contributed by atoms with Crippen LogP contribution in [0.3, 0.4) is 0 Å². The van der Waals surface area contributed by atoms with Crippen molar-refractivity contribution in [2.75, 3.05) is 18.1 Å². The molecule has 1 rings (SSSR count). The minimum absolute atomic E-state index is 0.664. The van der Waals surface area contributed by atoms with E-state index in [0.717, 1.165) is 35.8 Å². The molecule has 0 aliphatic rings. The molecule has 4 heteroatoms. The van der Waals surface area contributed by atoms with Crippen molar-refractivity contribution in [3.05, 3.63) is 29.8 Å². The first-order valence-corrected chi connectivity index (χ1v) is 17.7. The van der Waals surface area contributed by atoms with Gasteiger partial charge in [-0.15, -0.1) is 5.54 Å². The summed E-state index contributed by atoms with van der Waals surface area (Å²) in [5.74, 6) is 7.14. The number of rotatable bonds is 18. The van der Waals surface area contributed by atoms with Gasteiger partial charge < -0.3 is 4.74 Å². The number of hydrogen-bond donors (Lipinski definition) is 2. The maximum Gasteiger partial charge on any atom is 0.146 e. The van der Waals surface area contributed by atoms with Gasteiger partial charge in [-0.25, -0.2) is 0 Å². The molecule has 0 saturated carbocycles. The predicted octanol–water partition coefficient (Wildman–Crippen LogP) is 10.0. The van der Waals surface area contributed by atoms with Crippen LogP contribution in [0.2, 0.25) is 16.6 Å². The summed E-state index contributed by atoms with van der Waals surface area (Å²) >= 11 is 8.80. The molecule has 0 fully saturated rings. The van der Waals surface area contributed by atoms with Gasteiger partial charge in [-0.1, -0.05) is 98.8 Å². The van der Waals surface area contributed by atoms with Gasteiger partial charge in [0.05, 0.1) is 6.61 Å². The van der Waals surface area contributed by atoms with Crippen LogP contribution in [-0.4, -0.2) is 26.2 Å². The smallest absolute Gasteiger partial charge is 0.146 e. The second-order valence-corrected chi connectivity index (χ2v) is 17.5. The Labute approximate surface area is 230 Å². The standard InChI is InChI=1S/C31H54OS2Si/c1-26(2)35(27(3)4,28(5)6)23-21-29-17-19-31(20-18-29)32-22-15-13-11-9-7-8-10-12-14-16-30(24-33)25-34/h17-20,26-28,30,33-34H,7-16,22,24-25H2,1-6H3. The Bertz CT molecular complexity index is 692. The van der Waals surface area contributed by atoms with Crippen molar-refractivity contribution in [3.63, 3.8) is 0 Å². The van der Waals surface area contributed by atoms with Crippen molar-refractivity contribution >= 4 is 33.3 Å². The van der Waals surface area contributed by atoms with Crippen LogP contribution in [0.25, 0.3) is 0 Å². The van der Waals surface area contributed by atoms with Gasteiger partial charge in [0.15, 0.2) is 0 Å². The maximum atomic E-state index is 5.98. The lowest BCUT2D eigenvalue weighted by Gasteiger charge is -2.38. The minimum atomic E-state index is -1.68. The van der Waals surface area contributed by atoms with E-state index in [9.17, 15) is 0 Å². The third kappa shape index (κ3) is 12.1. The van der Waals surface area contributed by atoms with Crippen molar-refractivity contribution in [2.45, 2.75) is 122 Å². The van der Waals surface area contributed by atoms with E-state index < -0.39 is 8.07 Å². The van der Waals surface area contributed by atoms with E-state index in [0.29, 0.717) is 22.5 Å². The Kier molecular flexibility index (Phi) is 17.4. The molecule has 0 heterocycles. The number of thiol groups is 2. The molecule has 0 aromatic heterocycles. The van der Waals surface area contributed by atoms with Gasteiger partial charge in [-0.2, -0.15) is 25.3 Å². The van der Waals surface area contributed by atoms with Crippen LogP contribution >= 0.6 is 25.3 Å². The molecule has 0 N–H and O–H groups in total. The van der Waals surface area contributed by atoms with Gasteiger partial charge in [0.1, 0.15) is 13.8 Å². The van der Waals surface area contributed by atoms with Gasteiger partial charge in [0.25, 0.3) is 0 Å². The largest absolute Gasteiger partial charge is 0.494 e. The maximum absolute atomic E-state index is 5.98. The average molecular weight is 535 g/mol. The van der Waals surface area contributed by atoms with Crippen LogP contribution in [0.4, 0.5) is 0 Å². The van der Waals surface area contributed by atoms with Crippen molar-refractivity contribution in [1.29, 1.82) is 0 Å². The highest BCUT2D eigenvalue weighted by atomic mass is 32.1. The molecule has 0 atom stereocenters. The quantitative estimate of drug-likeness (QED) is 0.0824. The molecule has 0 amide bonds. The summed E-state index contributed by atoms with van der Waals surface area (Å²) in [5.41, 5.74) is 6.91. The fourth-order valence-corrected chi connectivity index (χ4v) is 11.5. The van der Waals surface area contributed by atoms with Crippen LogP contribution in [0.5, 0.6) is 5.75 Å². The topological polar surface area (TPSA) is 9.23 Å². The first kappa shape index (κ1) is 32.5. The third-order valence-electron chi connectivity index (χ3n) is 7.69. The van der Waals surface area contributed by atoms with E-state index in [-0.39, 0.29) is 0 Å². The molecule has 0 spiro atoms. The highest BCUT2D eigenvalue weighted by Gasteiger charge is 2.41. The zero-order valence-corrected chi connectivity index (χ0v) is 26.4. The molecule has 0 bridgehead atoms. The van der Waals surface area contributed by atoms with E-state index >= 15 is 0 Å². The van der Waals surface area contributed by atoms with Crippen molar-refractivity contribution in [1.82, 2.24) is 0 Å². The fraction of sp³-hybridized carbons (Fsp3) is 0.742. The van der Waals surface area contributed by atoms with E-state index in [2.05, 4.69) is 103 Å². The first-order chi connectivity index (χ1) is 16.8. The number of benzene rings is 1. The lowest BCUT2D eigenvalue weighted by molar-refractivity contribution is 0.304. The van der Waals surface area contributed by atoms with E-state index in [1.807, 2.05) is 0 Å². The summed E-state index contributed by atoms with van der Waals surface area (Å²) in [7, 11) is -1.68. The van der Waals surface area contributed by atoms with Crippen molar-refractivity contribution < 1.29 is 4.74 Å². The Balaban J connectivity index is 2.24. The Morgan fingerprint density at radius 1 is 0.686 bits per heavy atom. The minimum Gasteiger partial charge on any atom is -0.494 e. The van der Waals surface area contributed by atoms with Gasteiger partial charge in [0.2, 0.25) is 0 Å². The van der Waals surface area contributed by atoms with Crippen LogP contribution in [0.15, 0.2) is 24.3 Å². The molecule has 35 heavy (non-hydrogen) atoms. The summed E-state index contributed by atoms with van der Waals surface area (Å²) in [4.78, 5) is 0. The van der Waals surface area contributed by atoms with Gasteiger partial charge >= 0.3 is 0 Å². The fourth-order valence-electron chi connectivity index (χ4n) is 5.45. The summed E-state index contributed by atoms with van der Waals surface area (Å²) in [6, 6.07) is 8.42. The van der Waals surface area contributed by atoms with Crippen molar-refractivity contribution in [2.24, 2.45) is 5.92 Å². The molecule has 1 aromatic rings. The monoisotopic (exact) mass is 534 g/mol. The lowest BCUT2D eigenvalue weighted by atomic mass is 10.0. The number of unbranched alkanes of at least 4 members (excludes halogenated alkanes) is 8. The molecular weight excluding hydrogens is 481 g/mol. The molecule has 0 aliphatic heterocycles. The summed E-state index contributed by atoms with van der Waals surface area (Å²) < 4.78 is 5.98.